The van der Waals surface area contributed by atoms with Crippen LogP contribution < -0.4 is 27.0 Å². The molecule has 39 heavy (non-hydrogen) atoms. The second kappa shape index (κ2) is 13.1. The van der Waals surface area contributed by atoms with Crippen LogP contribution in [0.3, 0.4) is 0 Å². The van der Waals surface area contributed by atoms with Gasteiger partial charge >= 0.3 is 18.2 Å². The summed E-state index contributed by atoms with van der Waals surface area (Å²) in [6, 6.07) is 7.10. The molecule has 11 nitrogen and oxygen atoms in total. The second-order valence-electron chi connectivity index (χ2n) is 8.28. The number of alkyl halides is 3. The first kappa shape index (κ1) is 29.4. The molecule has 208 valence electrons. The number of nitrogens with zero attached hydrogens (tertiary/aromatic N) is 3. The molecule has 0 aliphatic rings. The molecular weight excluding hydrogens is 541 g/mol. The molecule has 2 aromatic carbocycles. The predicted octanol–water partition coefficient (Wildman–Crippen LogP) is 4.81. The Hall–Kier alpha value is -4.17. The van der Waals surface area contributed by atoms with E-state index < -0.39 is 35.3 Å². The summed E-state index contributed by atoms with van der Waals surface area (Å²) in [5, 5.41) is 19.1. The van der Waals surface area contributed by atoms with Crippen LogP contribution in [-0.4, -0.2) is 51.7 Å². The lowest BCUT2D eigenvalue weighted by molar-refractivity contribution is -0.137. The number of benzene rings is 2. The molecule has 1 heterocycles. The minimum absolute atomic E-state index is 0.0300. The number of carboxylic acid groups (broad SMARTS) is 1. The standard InChI is InChI=1S/C24H26ClF3N8O3/c1-13-4-5-14(32-23(39)33-15-6-7-18(25)17(11-15)24(26,27)28)10-16(13)20-34-21(30-9-3-2-8-29)36-22(35-20)31-12-19(37)38/h4-7,10-11H,2-3,8-9,12,29H2,1H3,(H,37,38)(H2,32,33,39)(H2,30,31,34,35,36). The van der Waals surface area contributed by atoms with E-state index in [0.717, 1.165) is 30.5 Å². The van der Waals surface area contributed by atoms with Crippen molar-refractivity contribution in [2.45, 2.75) is 25.9 Å². The van der Waals surface area contributed by atoms with Crippen molar-refractivity contribution < 1.29 is 27.9 Å². The van der Waals surface area contributed by atoms with E-state index in [0.29, 0.717) is 24.3 Å². The third-order valence-corrected chi connectivity index (χ3v) is 5.54. The van der Waals surface area contributed by atoms with Crippen molar-refractivity contribution in [3.63, 3.8) is 0 Å². The van der Waals surface area contributed by atoms with Gasteiger partial charge in [0.05, 0.1) is 10.6 Å². The summed E-state index contributed by atoms with van der Waals surface area (Å²) < 4.78 is 39.4. The third kappa shape index (κ3) is 8.68. The Morgan fingerprint density at radius 3 is 2.26 bits per heavy atom. The fourth-order valence-corrected chi connectivity index (χ4v) is 3.56. The number of aryl methyl sites for hydroxylation is 1. The Balaban J connectivity index is 1.83. The van der Waals surface area contributed by atoms with E-state index in [-0.39, 0.29) is 23.4 Å². The fourth-order valence-electron chi connectivity index (χ4n) is 3.33. The quantitative estimate of drug-likeness (QED) is 0.178. The molecule has 1 aromatic heterocycles. The molecule has 2 amide bonds. The van der Waals surface area contributed by atoms with Crippen LogP contribution >= 0.6 is 11.6 Å². The summed E-state index contributed by atoms with van der Waals surface area (Å²) in [7, 11) is 0. The molecular formula is C24H26ClF3N8O3. The molecule has 3 aromatic rings. The number of halogens is 4. The van der Waals surface area contributed by atoms with Crippen LogP contribution in [0.4, 0.5) is 41.2 Å². The molecule has 15 heteroatoms. The van der Waals surface area contributed by atoms with Crippen LogP contribution in [-0.2, 0) is 11.0 Å². The lowest BCUT2D eigenvalue weighted by Crippen LogP contribution is -2.20. The van der Waals surface area contributed by atoms with E-state index >= 15 is 0 Å². The first-order valence-corrected chi connectivity index (χ1v) is 12.1. The molecule has 0 atom stereocenters. The van der Waals surface area contributed by atoms with Gasteiger partial charge in [0, 0.05) is 23.5 Å². The van der Waals surface area contributed by atoms with Gasteiger partial charge in [0.15, 0.2) is 5.82 Å². The van der Waals surface area contributed by atoms with Gasteiger partial charge in [-0.3, -0.25) is 4.79 Å². The molecule has 0 radical (unpaired) electrons. The van der Waals surface area contributed by atoms with Crippen LogP contribution in [0.25, 0.3) is 11.4 Å². The van der Waals surface area contributed by atoms with E-state index in [1.54, 1.807) is 25.1 Å². The highest BCUT2D eigenvalue weighted by atomic mass is 35.5. The van der Waals surface area contributed by atoms with E-state index in [1.165, 1.54) is 6.07 Å². The number of nitrogens with two attached hydrogens (primary N) is 1. The van der Waals surface area contributed by atoms with Crippen molar-refractivity contribution in [2.75, 3.05) is 40.9 Å². The molecule has 0 saturated carbocycles. The number of aromatic nitrogens is 3. The second-order valence-corrected chi connectivity index (χ2v) is 8.68. The summed E-state index contributed by atoms with van der Waals surface area (Å²) in [4.78, 5) is 36.5. The summed E-state index contributed by atoms with van der Waals surface area (Å²) >= 11 is 5.63. The van der Waals surface area contributed by atoms with Gasteiger partial charge in [-0.25, -0.2) is 4.79 Å². The number of nitrogens with one attached hydrogen (secondary N) is 4. The summed E-state index contributed by atoms with van der Waals surface area (Å²) in [6.45, 7) is 2.43. The van der Waals surface area contributed by atoms with Crippen LogP contribution in [0, 0.1) is 6.92 Å². The minimum atomic E-state index is -4.68. The van der Waals surface area contributed by atoms with Gasteiger partial charge in [-0.05, 0) is 62.2 Å². The highest BCUT2D eigenvalue weighted by Crippen LogP contribution is 2.36. The minimum Gasteiger partial charge on any atom is -0.480 e. The molecule has 0 unspecified atom stereocenters. The number of hydrogen-bond donors (Lipinski definition) is 6. The largest absolute Gasteiger partial charge is 0.480 e. The number of urea groups is 1. The zero-order chi connectivity index (χ0) is 28.6. The zero-order valence-corrected chi connectivity index (χ0v) is 21.5. The number of aliphatic carboxylic acids is 1. The maximum absolute atomic E-state index is 13.1. The van der Waals surface area contributed by atoms with Crippen LogP contribution in [0.2, 0.25) is 5.02 Å². The van der Waals surface area contributed by atoms with Gasteiger partial charge in [0.1, 0.15) is 6.54 Å². The van der Waals surface area contributed by atoms with Crippen molar-refractivity contribution in [2.24, 2.45) is 5.73 Å². The van der Waals surface area contributed by atoms with E-state index in [1.807, 2.05) is 0 Å². The van der Waals surface area contributed by atoms with Crippen molar-refractivity contribution in [3.8, 4) is 11.4 Å². The number of carboxylic acids is 1. The Kier molecular flexibility index (Phi) is 9.84. The van der Waals surface area contributed by atoms with Crippen molar-refractivity contribution in [1.82, 2.24) is 15.0 Å². The maximum Gasteiger partial charge on any atom is 0.417 e. The monoisotopic (exact) mass is 566 g/mol. The molecule has 0 fully saturated rings. The number of carbonyl (C=O) groups excluding carboxylic acids is 1. The van der Waals surface area contributed by atoms with E-state index in [4.69, 9.17) is 22.4 Å². The molecule has 7 N–H and O–H groups in total. The zero-order valence-electron chi connectivity index (χ0n) is 20.7. The Labute approximate surface area is 226 Å². The number of anilines is 4. The smallest absolute Gasteiger partial charge is 0.417 e. The van der Waals surface area contributed by atoms with Crippen molar-refractivity contribution in [3.05, 3.63) is 52.5 Å². The van der Waals surface area contributed by atoms with Crippen LogP contribution in [0.5, 0.6) is 0 Å². The van der Waals surface area contributed by atoms with Gasteiger partial charge in [0.2, 0.25) is 11.9 Å². The molecule has 0 spiro atoms. The number of amides is 2. The highest BCUT2D eigenvalue weighted by Gasteiger charge is 2.33. The maximum atomic E-state index is 13.1. The third-order valence-electron chi connectivity index (χ3n) is 5.21. The van der Waals surface area contributed by atoms with E-state index in [2.05, 4.69) is 36.2 Å². The number of rotatable bonds is 11. The van der Waals surface area contributed by atoms with Crippen LogP contribution in [0.1, 0.15) is 24.0 Å². The van der Waals surface area contributed by atoms with E-state index in [9.17, 15) is 22.8 Å². The summed E-state index contributed by atoms with van der Waals surface area (Å²) in [6.07, 6.45) is -3.13. The molecule has 0 saturated heterocycles. The SMILES string of the molecule is Cc1ccc(NC(=O)Nc2ccc(Cl)c(C(F)(F)F)c2)cc1-c1nc(NCCCCN)nc(NCC(=O)O)n1. The van der Waals surface area contributed by atoms with Gasteiger partial charge in [0.25, 0.3) is 0 Å². The number of carbonyl (C=O) groups is 2. The average molecular weight is 567 g/mol. The van der Waals surface area contributed by atoms with Gasteiger partial charge in [-0.1, -0.05) is 17.7 Å². The number of hydrogen-bond acceptors (Lipinski definition) is 8. The fraction of sp³-hybridized carbons (Fsp3) is 0.292. The van der Waals surface area contributed by atoms with Crippen molar-refractivity contribution >= 4 is 46.9 Å². The normalized spacial score (nSPS) is 11.1. The first-order chi connectivity index (χ1) is 18.5. The highest BCUT2D eigenvalue weighted by molar-refractivity contribution is 6.31. The Morgan fingerprint density at radius 1 is 0.974 bits per heavy atom. The van der Waals surface area contributed by atoms with Gasteiger partial charge in [-0.15, -0.1) is 0 Å². The van der Waals surface area contributed by atoms with Gasteiger partial charge in [-0.2, -0.15) is 28.1 Å². The molecule has 3 rings (SSSR count). The van der Waals surface area contributed by atoms with Crippen molar-refractivity contribution in [1.29, 1.82) is 0 Å². The molecule has 0 bridgehead atoms. The predicted molar refractivity (Wildman–Crippen MR) is 142 cm³/mol. The topological polar surface area (TPSA) is 167 Å². The number of unbranched alkanes of at least 4 members (excludes halogenated alkanes) is 1. The molecule has 0 aliphatic heterocycles. The Bertz CT molecular complexity index is 1340. The Morgan fingerprint density at radius 2 is 1.62 bits per heavy atom. The summed E-state index contributed by atoms with van der Waals surface area (Å²) in [5.74, 6) is -0.662. The lowest BCUT2D eigenvalue weighted by Gasteiger charge is -2.14. The molecule has 0 aliphatic carbocycles. The lowest BCUT2D eigenvalue weighted by atomic mass is 10.1. The summed E-state index contributed by atoms with van der Waals surface area (Å²) in [5.41, 5.74) is 5.88. The van der Waals surface area contributed by atoms with Crippen LogP contribution in [0.15, 0.2) is 36.4 Å². The average Bonchev–Trinajstić information content (AvgIpc) is 2.87. The first-order valence-electron chi connectivity index (χ1n) is 11.7. The van der Waals surface area contributed by atoms with Gasteiger partial charge < -0.3 is 32.1 Å².